The first-order valence-corrected chi connectivity index (χ1v) is 11.4. The molecule has 1 saturated carbocycles. The molecule has 1 aliphatic rings. The van der Waals surface area contributed by atoms with Crippen LogP contribution in [0.25, 0.3) is 11.3 Å². The van der Waals surface area contributed by atoms with Crippen molar-refractivity contribution in [3.8, 4) is 11.3 Å². The third-order valence-corrected chi connectivity index (χ3v) is 7.81. The fourth-order valence-electron chi connectivity index (χ4n) is 3.38. The zero-order valence-corrected chi connectivity index (χ0v) is 16.9. The summed E-state index contributed by atoms with van der Waals surface area (Å²) in [7, 11) is -3.60. The molecule has 3 heterocycles. The van der Waals surface area contributed by atoms with Gasteiger partial charge in [0.25, 0.3) is 0 Å². The third kappa shape index (κ3) is 4.08. The molecule has 0 radical (unpaired) electrons. The van der Waals surface area contributed by atoms with Gasteiger partial charge in [0.05, 0.1) is 28.3 Å². The lowest BCUT2D eigenvalue weighted by Crippen LogP contribution is -2.22. The van der Waals surface area contributed by atoms with Gasteiger partial charge in [0.2, 0.25) is 10.0 Å². The molecule has 0 aliphatic heterocycles. The van der Waals surface area contributed by atoms with Gasteiger partial charge in [0.15, 0.2) is 0 Å². The molecular weight excluding hydrogens is 404 g/mol. The highest BCUT2D eigenvalue weighted by Gasteiger charge is 2.23. The van der Waals surface area contributed by atoms with Gasteiger partial charge in [-0.3, -0.25) is 9.67 Å². The zero-order valence-electron chi connectivity index (χ0n) is 14.5. The molecule has 0 atom stereocenters. The molecule has 0 aromatic carbocycles. The van der Waals surface area contributed by atoms with Gasteiger partial charge < -0.3 is 0 Å². The summed E-state index contributed by atoms with van der Waals surface area (Å²) < 4.78 is 30.2. The van der Waals surface area contributed by atoms with E-state index in [1.54, 1.807) is 18.5 Å². The van der Waals surface area contributed by atoms with Crippen molar-refractivity contribution in [3.05, 3.63) is 52.8 Å². The largest absolute Gasteiger partial charge is 0.265 e. The second-order valence-corrected chi connectivity index (χ2v) is 10.2. The first kappa shape index (κ1) is 18.6. The molecule has 4 rings (SSSR count). The van der Waals surface area contributed by atoms with E-state index in [0.29, 0.717) is 16.1 Å². The smallest absolute Gasteiger partial charge is 0.250 e. The van der Waals surface area contributed by atoms with Crippen molar-refractivity contribution in [3.63, 3.8) is 0 Å². The van der Waals surface area contributed by atoms with Crippen LogP contribution >= 0.6 is 22.9 Å². The quantitative estimate of drug-likeness (QED) is 0.644. The Kier molecular flexibility index (Phi) is 5.32. The van der Waals surface area contributed by atoms with Crippen molar-refractivity contribution in [1.29, 1.82) is 0 Å². The van der Waals surface area contributed by atoms with Crippen LogP contribution in [0.5, 0.6) is 0 Å². The highest BCUT2D eigenvalue weighted by Crippen LogP contribution is 2.33. The average molecular weight is 423 g/mol. The Bertz CT molecular complexity index is 1020. The molecule has 3 aromatic rings. The molecule has 3 aromatic heterocycles. The topological polar surface area (TPSA) is 76.9 Å². The molecule has 1 N–H and O–H groups in total. The molecule has 9 heteroatoms. The van der Waals surface area contributed by atoms with Gasteiger partial charge in [-0.2, -0.15) is 5.10 Å². The Balaban J connectivity index is 1.60. The van der Waals surface area contributed by atoms with Crippen LogP contribution < -0.4 is 4.72 Å². The number of thiophene rings is 1. The predicted octanol–water partition coefficient (Wildman–Crippen LogP) is 4.25. The average Bonchev–Trinajstić information content (AvgIpc) is 3.41. The maximum atomic E-state index is 12.4. The normalized spacial score (nSPS) is 15.4. The second kappa shape index (κ2) is 7.71. The minimum Gasteiger partial charge on any atom is -0.265 e. The fourth-order valence-corrected chi connectivity index (χ4v) is 5.91. The van der Waals surface area contributed by atoms with E-state index >= 15 is 0 Å². The second-order valence-electron chi connectivity index (χ2n) is 6.52. The third-order valence-electron chi connectivity index (χ3n) is 4.69. The summed E-state index contributed by atoms with van der Waals surface area (Å²) in [4.78, 5) is 4.08. The number of sulfonamides is 1. The molecular formula is C18H19ClN4O2S2. The SMILES string of the molecule is O=S(=O)(NCc1cc(-c2ccncc2)n(C2CCCC2)n1)c1ccc(Cl)s1. The summed E-state index contributed by atoms with van der Waals surface area (Å²) in [6, 6.07) is 9.30. The van der Waals surface area contributed by atoms with E-state index in [4.69, 9.17) is 16.7 Å². The molecule has 1 fully saturated rings. The predicted molar refractivity (Wildman–Crippen MR) is 106 cm³/mol. The molecule has 6 nitrogen and oxygen atoms in total. The van der Waals surface area contributed by atoms with E-state index in [2.05, 4.69) is 9.71 Å². The van der Waals surface area contributed by atoms with E-state index in [1.807, 2.05) is 22.9 Å². The van der Waals surface area contributed by atoms with E-state index in [0.717, 1.165) is 35.4 Å². The monoisotopic (exact) mass is 422 g/mol. The van der Waals surface area contributed by atoms with Gasteiger partial charge in [0.1, 0.15) is 4.21 Å². The summed E-state index contributed by atoms with van der Waals surface area (Å²) in [5.41, 5.74) is 2.72. The van der Waals surface area contributed by atoms with Gasteiger partial charge in [-0.1, -0.05) is 24.4 Å². The van der Waals surface area contributed by atoms with Crippen molar-refractivity contribution in [2.24, 2.45) is 0 Å². The van der Waals surface area contributed by atoms with Crippen molar-refractivity contribution in [2.75, 3.05) is 0 Å². The maximum absolute atomic E-state index is 12.4. The van der Waals surface area contributed by atoms with Crippen molar-refractivity contribution < 1.29 is 8.42 Å². The lowest BCUT2D eigenvalue weighted by Gasteiger charge is -2.14. The highest BCUT2D eigenvalue weighted by atomic mass is 35.5. The van der Waals surface area contributed by atoms with Crippen LogP contribution in [0.15, 0.2) is 46.9 Å². The van der Waals surface area contributed by atoms with Crippen LogP contribution in [0.4, 0.5) is 0 Å². The van der Waals surface area contributed by atoms with Crippen LogP contribution in [0, 0.1) is 0 Å². The number of nitrogens with one attached hydrogen (secondary N) is 1. The molecule has 0 saturated heterocycles. The number of nitrogens with zero attached hydrogens (tertiary/aromatic N) is 3. The first-order chi connectivity index (χ1) is 13.0. The van der Waals surface area contributed by atoms with Crippen LogP contribution in [0.1, 0.15) is 37.4 Å². The van der Waals surface area contributed by atoms with Crippen LogP contribution in [-0.4, -0.2) is 23.2 Å². The number of hydrogen-bond acceptors (Lipinski definition) is 5. The molecule has 27 heavy (non-hydrogen) atoms. The summed E-state index contributed by atoms with van der Waals surface area (Å²) >= 11 is 6.89. The molecule has 142 valence electrons. The standard InChI is InChI=1S/C18H19ClN4O2S2/c19-17-5-6-18(26-17)27(24,25)21-12-14-11-16(13-7-9-20-10-8-13)23(22-14)15-3-1-2-4-15/h5-11,15,21H,1-4,12H2. The molecule has 0 spiro atoms. The van der Waals surface area contributed by atoms with Gasteiger partial charge in [0, 0.05) is 18.0 Å². The highest BCUT2D eigenvalue weighted by molar-refractivity contribution is 7.91. The lowest BCUT2D eigenvalue weighted by atomic mass is 10.1. The Hall–Kier alpha value is -1.74. The number of pyridine rings is 1. The van der Waals surface area contributed by atoms with Gasteiger partial charge in [-0.25, -0.2) is 13.1 Å². The van der Waals surface area contributed by atoms with Crippen LogP contribution in [0.3, 0.4) is 0 Å². The summed E-state index contributed by atoms with van der Waals surface area (Å²) in [6.07, 6.45) is 8.09. The maximum Gasteiger partial charge on any atom is 0.250 e. The Morgan fingerprint density at radius 2 is 1.93 bits per heavy atom. The van der Waals surface area contributed by atoms with E-state index in [1.165, 1.54) is 18.9 Å². The van der Waals surface area contributed by atoms with Crippen molar-refractivity contribution >= 4 is 33.0 Å². The Morgan fingerprint density at radius 3 is 2.59 bits per heavy atom. The molecule has 0 bridgehead atoms. The number of rotatable bonds is 6. The van der Waals surface area contributed by atoms with Gasteiger partial charge >= 0.3 is 0 Å². The molecule has 0 amide bonds. The van der Waals surface area contributed by atoms with Crippen molar-refractivity contribution in [2.45, 2.75) is 42.5 Å². The minimum atomic E-state index is -3.60. The Labute approximate surface area is 167 Å². The molecule has 0 unspecified atom stereocenters. The summed E-state index contributed by atoms with van der Waals surface area (Å²) in [6.45, 7) is 0.135. The summed E-state index contributed by atoms with van der Waals surface area (Å²) in [5.74, 6) is 0. The van der Waals surface area contributed by atoms with Crippen LogP contribution in [0.2, 0.25) is 4.34 Å². The van der Waals surface area contributed by atoms with Gasteiger partial charge in [-0.15, -0.1) is 11.3 Å². The summed E-state index contributed by atoms with van der Waals surface area (Å²) in [5, 5.41) is 4.72. The van der Waals surface area contributed by atoms with E-state index in [9.17, 15) is 8.42 Å². The molecule has 1 aliphatic carbocycles. The first-order valence-electron chi connectivity index (χ1n) is 8.77. The zero-order chi connectivity index (χ0) is 18.9. The van der Waals surface area contributed by atoms with Crippen molar-refractivity contribution in [1.82, 2.24) is 19.5 Å². The fraction of sp³-hybridized carbons (Fsp3) is 0.333. The lowest BCUT2D eigenvalue weighted by molar-refractivity contribution is 0.467. The van der Waals surface area contributed by atoms with Gasteiger partial charge in [-0.05, 0) is 43.2 Å². The van der Waals surface area contributed by atoms with E-state index < -0.39 is 10.0 Å². The Morgan fingerprint density at radius 1 is 1.19 bits per heavy atom. The number of halogens is 1. The van der Waals surface area contributed by atoms with E-state index in [-0.39, 0.29) is 10.8 Å². The minimum absolute atomic E-state index is 0.135. The van der Waals surface area contributed by atoms with Crippen LogP contribution in [-0.2, 0) is 16.6 Å². The number of hydrogen-bond donors (Lipinski definition) is 1. The number of aromatic nitrogens is 3.